The highest BCUT2D eigenvalue weighted by molar-refractivity contribution is 7.89. The Hall–Kier alpha value is -4.57. The third-order valence-corrected chi connectivity index (χ3v) is 8.51. The number of guanidine groups is 1. The highest BCUT2D eigenvalue weighted by Crippen LogP contribution is 2.31. The van der Waals surface area contributed by atoms with Crippen LogP contribution in [0.5, 0.6) is 0 Å². The normalized spacial score (nSPS) is 15.9. The Labute approximate surface area is 242 Å². The van der Waals surface area contributed by atoms with Crippen LogP contribution < -0.4 is 22.1 Å². The fraction of sp³-hybridized carbons (Fsp3) is 0.385. The number of nitro groups is 1. The first kappa shape index (κ1) is 32.0. The van der Waals surface area contributed by atoms with Crippen LogP contribution in [-0.2, 0) is 30.8 Å². The second-order valence-electron chi connectivity index (χ2n) is 9.61. The van der Waals surface area contributed by atoms with Gasteiger partial charge in [0.1, 0.15) is 12.1 Å². The quantitative estimate of drug-likeness (QED) is 0.0673. The van der Waals surface area contributed by atoms with E-state index < -0.39 is 49.5 Å². The summed E-state index contributed by atoms with van der Waals surface area (Å²) in [6.45, 7) is 0.378. The lowest BCUT2D eigenvalue weighted by molar-refractivity contribution is -0.387. The average molecular weight is 604 g/mol. The minimum atomic E-state index is -4.42. The van der Waals surface area contributed by atoms with E-state index in [4.69, 9.17) is 11.5 Å². The molecule has 2 atom stereocenters. The fourth-order valence-electron chi connectivity index (χ4n) is 4.50. The Balaban J connectivity index is 1.62. The molecule has 0 unspecified atom stereocenters. The van der Waals surface area contributed by atoms with Gasteiger partial charge in [0, 0.05) is 37.7 Å². The number of hydrogen-bond acceptors (Lipinski definition) is 8. The lowest BCUT2D eigenvalue weighted by atomic mass is 10.0. The van der Waals surface area contributed by atoms with Crippen molar-refractivity contribution in [1.82, 2.24) is 9.62 Å². The first-order valence-electron chi connectivity index (χ1n) is 13.1. The molecule has 15 nitrogen and oxygen atoms in total. The van der Waals surface area contributed by atoms with Gasteiger partial charge in [-0.1, -0.05) is 24.3 Å². The number of carboxylic acids is 1. The predicted molar refractivity (Wildman–Crippen MR) is 153 cm³/mol. The van der Waals surface area contributed by atoms with Gasteiger partial charge in [0.05, 0.1) is 4.92 Å². The van der Waals surface area contributed by atoms with Crippen molar-refractivity contribution < 1.29 is 32.8 Å². The van der Waals surface area contributed by atoms with Crippen molar-refractivity contribution in [3.05, 3.63) is 64.2 Å². The highest BCUT2D eigenvalue weighted by Gasteiger charge is 2.42. The zero-order chi connectivity index (χ0) is 30.9. The molecular formula is C26H33N7O8S. The number of nitrogens with one attached hydrogen (secondary N) is 2. The summed E-state index contributed by atoms with van der Waals surface area (Å²) in [5.74, 6) is -2.35. The Kier molecular flexibility index (Phi) is 10.9. The SMILES string of the molecule is NC(N)=NCCCCC(=O)Nc1ccc(C[C@H](NC(=O)[C@@H]2CCCN2S(=O)(=O)c2ccccc2[N+](=O)[O-])C(=O)O)cc1. The third kappa shape index (κ3) is 8.47. The van der Waals surface area contributed by atoms with E-state index in [2.05, 4.69) is 15.6 Å². The molecule has 7 N–H and O–H groups in total. The van der Waals surface area contributed by atoms with E-state index in [0.717, 1.165) is 16.4 Å². The summed E-state index contributed by atoms with van der Waals surface area (Å²) in [4.78, 5) is 51.1. The van der Waals surface area contributed by atoms with Crippen LogP contribution in [0.3, 0.4) is 0 Å². The Morgan fingerprint density at radius 1 is 1.12 bits per heavy atom. The number of nitrogens with two attached hydrogens (primary N) is 2. The Morgan fingerprint density at radius 3 is 2.45 bits per heavy atom. The van der Waals surface area contributed by atoms with Crippen LogP contribution in [-0.4, -0.2) is 71.7 Å². The molecule has 1 saturated heterocycles. The number of carboxylic acid groups (broad SMARTS) is 1. The number of nitro benzene ring substituents is 1. The van der Waals surface area contributed by atoms with E-state index in [1.807, 2.05) is 0 Å². The molecule has 2 aromatic carbocycles. The number of nitrogens with zero attached hydrogens (tertiary/aromatic N) is 3. The lowest BCUT2D eigenvalue weighted by Gasteiger charge is -2.25. The first-order chi connectivity index (χ1) is 19.9. The maximum atomic E-state index is 13.3. The summed E-state index contributed by atoms with van der Waals surface area (Å²) < 4.78 is 27.4. The average Bonchev–Trinajstić information content (AvgIpc) is 3.44. The Morgan fingerprint density at radius 2 is 1.81 bits per heavy atom. The van der Waals surface area contributed by atoms with Gasteiger partial charge in [-0.25, -0.2) is 13.2 Å². The van der Waals surface area contributed by atoms with E-state index in [1.54, 1.807) is 24.3 Å². The number of aliphatic carboxylic acids is 1. The van der Waals surface area contributed by atoms with Gasteiger partial charge in [-0.3, -0.25) is 24.7 Å². The first-order valence-corrected chi connectivity index (χ1v) is 14.6. The molecule has 0 bridgehead atoms. The summed E-state index contributed by atoms with van der Waals surface area (Å²) >= 11 is 0. The van der Waals surface area contributed by atoms with Gasteiger partial charge in [0.25, 0.3) is 15.7 Å². The predicted octanol–water partition coefficient (Wildman–Crippen LogP) is 0.942. The highest BCUT2D eigenvalue weighted by atomic mass is 32.2. The van der Waals surface area contributed by atoms with Crippen LogP contribution in [0.2, 0.25) is 0 Å². The molecule has 42 heavy (non-hydrogen) atoms. The van der Waals surface area contributed by atoms with Crippen molar-refractivity contribution in [2.45, 2.75) is 55.5 Å². The molecule has 1 fully saturated rings. The molecule has 1 heterocycles. The molecule has 0 saturated carbocycles. The number of carbonyl (C=O) groups excluding carboxylic acids is 2. The maximum Gasteiger partial charge on any atom is 0.326 e. The van der Waals surface area contributed by atoms with Crippen LogP contribution in [0.25, 0.3) is 0 Å². The van der Waals surface area contributed by atoms with Crippen LogP contribution >= 0.6 is 0 Å². The number of benzene rings is 2. The van der Waals surface area contributed by atoms with Gasteiger partial charge in [0.2, 0.25) is 11.8 Å². The van der Waals surface area contributed by atoms with E-state index >= 15 is 0 Å². The summed E-state index contributed by atoms with van der Waals surface area (Å²) in [7, 11) is -4.42. The summed E-state index contributed by atoms with van der Waals surface area (Å²) in [6.07, 6.45) is 1.83. The zero-order valence-corrected chi connectivity index (χ0v) is 23.5. The topological polar surface area (TPSA) is 240 Å². The molecule has 16 heteroatoms. The van der Waals surface area contributed by atoms with Crippen LogP contribution in [0.15, 0.2) is 58.4 Å². The molecule has 2 amide bonds. The molecule has 0 aromatic heterocycles. The number of hydrogen-bond donors (Lipinski definition) is 5. The van der Waals surface area contributed by atoms with Gasteiger partial charge in [-0.15, -0.1) is 0 Å². The lowest BCUT2D eigenvalue weighted by Crippen LogP contribution is -2.51. The molecule has 226 valence electrons. The molecule has 1 aliphatic rings. The minimum absolute atomic E-state index is 0.00551. The van der Waals surface area contributed by atoms with E-state index in [9.17, 15) is 38.0 Å². The van der Waals surface area contributed by atoms with Gasteiger partial charge in [0.15, 0.2) is 10.9 Å². The number of unbranched alkanes of at least 4 members (excludes halogenated alkanes) is 1. The fourth-order valence-corrected chi connectivity index (χ4v) is 6.31. The number of aliphatic imine (C=N–C) groups is 1. The maximum absolute atomic E-state index is 13.3. The van der Waals surface area contributed by atoms with Crippen molar-refractivity contribution in [3.8, 4) is 0 Å². The van der Waals surface area contributed by atoms with Crippen molar-refractivity contribution >= 4 is 45.1 Å². The zero-order valence-electron chi connectivity index (χ0n) is 22.6. The van der Waals surface area contributed by atoms with Crippen molar-refractivity contribution in [2.24, 2.45) is 16.5 Å². The van der Waals surface area contributed by atoms with E-state index in [0.29, 0.717) is 37.1 Å². The second kappa shape index (κ2) is 14.4. The number of amides is 2. The molecule has 0 spiro atoms. The van der Waals surface area contributed by atoms with Gasteiger partial charge in [-0.2, -0.15) is 4.31 Å². The van der Waals surface area contributed by atoms with E-state index in [-0.39, 0.29) is 37.7 Å². The summed E-state index contributed by atoms with van der Waals surface area (Å²) in [5.41, 5.74) is 10.9. The van der Waals surface area contributed by atoms with Crippen molar-refractivity contribution in [2.75, 3.05) is 18.4 Å². The van der Waals surface area contributed by atoms with Crippen LogP contribution in [0, 0.1) is 10.1 Å². The molecule has 3 rings (SSSR count). The molecule has 0 radical (unpaired) electrons. The van der Waals surface area contributed by atoms with Crippen molar-refractivity contribution in [1.29, 1.82) is 0 Å². The monoisotopic (exact) mass is 603 g/mol. The smallest absolute Gasteiger partial charge is 0.326 e. The largest absolute Gasteiger partial charge is 0.480 e. The second-order valence-corrected chi connectivity index (χ2v) is 11.5. The summed E-state index contributed by atoms with van der Waals surface area (Å²) in [6, 6.07) is 8.66. The standard InChI is InChI=1S/C26H33N7O8S/c27-26(28)29-14-4-3-9-23(34)30-18-12-10-17(11-13-18)16-19(25(36)37)31-24(35)21-7-5-15-32(21)42(40,41)22-8-2-1-6-20(22)33(38)39/h1-2,6,8,10-13,19,21H,3-5,7,9,14-16H2,(H,30,34)(H,31,35)(H,36,37)(H4,27,28,29)/t19-,21-/m0/s1. The van der Waals surface area contributed by atoms with Gasteiger partial charge >= 0.3 is 5.97 Å². The van der Waals surface area contributed by atoms with Crippen molar-refractivity contribution in [3.63, 3.8) is 0 Å². The summed E-state index contributed by atoms with van der Waals surface area (Å²) in [5, 5.41) is 26.3. The third-order valence-electron chi connectivity index (χ3n) is 6.55. The number of sulfonamides is 1. The van der Waals surface area contributed by atoms with E-state index in [1.165, 1.54) is 12.1 Å². The molecular weight excluding hydrogens is 570 g/mol. The number of rotatable bonds is 14. The van der Waals surface area contributed by atoms with Gasteiger partial charge < -0.3 is 27.2 Å². The number of anilines is 1. The molecule has 1 aliphatic heterocycles. The molecule has 0 aliphatic carbocycles. The van der Waals surface area contributed by atoms with Crippen LogP contribution in [0.4, 0.5) is 11.4 Å². The number of para-hydroxylation sites is 1. The minimum Gasteiger partial charge on any atom is -0.480 e. The van der Waals surface area contributed by atoms with Crippen LogP contribution in [0.1, 0.15) is 37.7 Å². The Bertz CT molecular complexity index is 1440. The van der Waals surface area contributed by atoms with Gasteiger partial charge in [-0.05, 0) is 49.4 Å². The number of carbonyl (C=O) groups is 3. The molecule has 2 aromatic rings.